The van der Waals surface area contributed by atoms with E-state index in [1.807, 2.05) is 0 Å². The van der Waals surface area contributed by atoms with E-state index in [1.165, 1.54) is 17.8 Å². The van der Waals surface area contributed by atoms with Gasteiger partial charge >= 0.3 is 6.18 Å². The summed E-state index contributed by atoms with van der Waals surface area (Å²) in [5, 5.41) is 0. The summed E-state index contributed by atoms with van der Waals surface area (Å²) in [6.45, 7) is -0.130. The molecule has 0 aliphatic carbocycles. The predicted molar refractivity (Wildman–Crippen MR) is 67.7 cm³/mol. The van der Waals surface area contributed by atoms with E-state index >= 15 is 0 Å². The number of alkyl halides is 3. The van der Waals surface area contributed by atoms with Crippen molar-refractivity contribution in [1.29, 1.82) is 0 Å². The second kappa shape index (κ2) is 5.63. The molecule has 2 nitrogen and oxygen atoms in total. The minimum absolute atomic E-state index is 0.103. The van der Waals surface area contributed by atoms with Gasteiger partial charge in [0.2, 0.25) is 0 Å². The lowest BCUT2D eigenvalue weighted by molar-refractivity contribution is -0.138. The molecule has 0 radical (unpaired) electrons. The zero-order chi connectivity index (χ0) is 13.9. The van der Waals surface area contributed by atoms with Crippen molar-refractivity contribution in [2.24, 2.45) is 5.73 Å². The molecule has 100 valence electrons. The smallest absolute Gasteiger partial charge is 0.326 e. The molecule has 1 aromatic heterocycles. The molecular formula is C13H11F3N2S. The quantitative estimate of drug-likeness (QED) is 0.933. The first-order valence-electron chi connectivity index (χ1n) is 5.49. The Morgan fingerprint density at radius 2 is 1.74 bits per heavy atom. The highest BCUT2D eigenvalue weighted by atomic mass is 32.2. The second-order valence-corrected chi connectivity index (χ2v) is 4.95. The maximum atomic E-state index is 12.9. The number of nitrogens with zero attached hydrogens (tertiary/aromatic N) is 1. The van der Waals surface area contributed by atoms with Crippen LogP contribution in [0.5, 0.6) is 0 Å². The second-order valence-electron chi connectivity index (χ2n) is 3.81. The van der Waals surface area contributed by atoms with Gasteiger partial charge in [-0.3, -0.25) is 4.98 Å². The van der Waals surface area contributed by atoms with Gasteiger partial charge in [0.05, 0.1) is 5.56 Å². The van der Waals surface area contributed by atoms with E-state index in [2.05, 4.69) is 4.98 Å². The molecule has 0 aliphatic heterocycles. The molecule has 2 aromatic rings. The number of nitrogens with two attached hydrogens (primary N) is 1. The Hall–Kier alpha value is -1.53. The van der Waals surface area contributed by atoms with Crippen LogP contribution in [0, 0.1) is 0 Å². The van der Waals surface area contributed by atoms with Gasteiger partial charge in [-0.1, -0.05) is 17.8 Å². The highest BCUT2D eigenvalue weighted by Gasteiger charge is 2.33. The maximum Gasteiger partial charge on any atom is 0.416 e. The largest absolute Gasteiger partial charge is 0.416 e. The van der Waals surface area contributed by atoms with Gasteiger partial charge in [-0.2, -0.15) is 13.2 Å². The van der Waals surface area contributed by atoms with Gasteiger partial charge in [-0.25, -0.2) is 0 Å². The van der Waals surface area contributed by atoms with Crippen molar-refractivity contribution in [3.05, 3.63) is 53.9 Å². The monoisotopic (exact) mass is 284 g/mol. The van der Waals surface area contributed by atoms with Crippen molar-refractivity contribution in [1.82, 2.24) is 4.98 Å². The van der Waals surface area contributed by atoms with Crippen LogP contribution in [0.15, 0.2) is 52.5 Å². The van der Waals surface area contributed by atoms with Crippen molar-refractivity contribution in [3.8, 4) is 0 Å². The summed E-state index contributed by atoms with van der Waals surface area (Å²) in [4.78, 5) is 5.22. The lowest BCUT2D eigenvalue weighted by Gasteiger charge is -2.13. The Kier molecular flexibility index (Phi) is 4.11. The number of hydrogen-bond acceptors (Lipinski definition) is 3. The van der Waals surface area contributed by atoms with Crippen molar-refractivity contribution < 1.29 is 13.2 Å². The standard InChI is InChI=1S/C13H11F3N2S/c14-13(15,16)12-7-11(2-1-9(12)8-17)19-10-3-5-18-6-4-10/h1-7H,8,17H2. The van der Waals surface area contributed by atoms with E-state index in [0.29, 0.717) is 4.90 Å². The Morgan fingerprint density at radius 3 is 2.32 bits per heavy atom. The van der Waals surface area contributed by atoms with E-state index in [0.717, 1.165) is 11.0 Å². The van der Waals surface area contributed by atoms with E-state index in [4.69, 9.17) is 5.73 Å². The van der Waals surface area contributed by atoms with Crippen LogP contribution in [0.2, 0.25) is 0 Å². The van der Waals surface area contributed by atoms with Crippen LogP contribution in [0.1, 0.15) is 11.1 Å². The minimum Gasteiger partial charge on any atom is -0.326 e. The average molecular weight is 284 g/mol. The number of pyridine rings is 1. The third-order valence-electron chi connectivity index (χ3n) is 2.49. The fourth-order valence-corrected chi connectivity index (χ4v) is 2.45. The molecule has 0 amide bonds. The molecule has 2 rings (SSSR count). The molecule has 19 heavy (non-hydrogen) atoms. The van der Waals surface area contributed by atoms with Crippen LogP contribution in [0.4, 0.5) is 13.2 Å². The van der Waals surface area contributed by atoms with Crippen molar-refractivity contribution in [3.63, 3.8) is 0 Å². The summed E-state index contributed by atoms with van der Waals surface area (Å²) in [5.74, 6) is 0. The highest BCUT2D eigenvalue weighted by molar-refractivity contribution is 7.99. The number of rotatable bonds is 3. The van der Waals surface area contributed by atoms with Crippen LogP contribution in [0.25, 0.3) is 0 Å². The Bertz CT molecular complexity index is 556. The molecule has 0 saturated carbocycles. The fraction of sp³-hybridized carbons (Fsp3) is 0.154. The van der Waals surface area contributed by atoms with Gasteiger partial charge < -0.3 is 5.73 Å². The average Bonchev–Trinajstić information content (AvgIpc) is 2.39. The van der Waals surface area contributed by atoms with Crippen LogP contribution >= 0.6 is 11.8 Å². The van der Waals surface area contributed by atoms with Gasteiger partial charge in [0.15, 0.2) is 0 Å². The van der Waals surface area contributed by atoms with Crippen molar-refractivity contribution in [2.75, 3.05) is 0 Å². The summed E-state index contributed by atoms with van der Waals surface area (Å²) in [5.41, 5.74) is 4.77. The first-order valence-corrected chi connectivity index (χ1v) is 6.30. The van der Waals surface area contributed by atoms with E-state index in [1.54, 1.807) is 30.6 Å². The first-order chi connectivity index (χ1) is 9.00. The molecule has 0 bridgehead atoms. The molecule has 0 spiro atoms. The molecule has 1 aromatic carbocycles. The molecule has 2 N–H and O–H groups in total. The highest BCUT2D eigenvalue weighted by Crippen LogP contribution is 2.36. The van der Waals surface area contributed by atoms with Crippen LogP contribution in [0.3, 0.4) is 0 Å². The summed E-state index contributed by atoms with van der Waals surface area (Å²) in [6.07, 6.45) is -1.19. The molecule has 1 heterocycles. The van der Waals surface area contributed by atoms with E-state index in [9.17, 15) is 13.2 Å². The van der Waals surface area contributed by atoms with Crippen LogP contribution in [-0.4, -0.2) is 4.98 Å². The summed E-state index contributed by atoms with van der Waals surface area (Å²) in [7, 11) is 0. The van der Waals surface area contributed by atoms with Gasteiger partial charge in [0.25, 0.3) is 0 Å². The third kappa shape index (κ3) is 3.48. The van der Waals surface area contributed by atoms with Crippen molar-refractivity contribution >= 4 is 11.8 Å². The van der Waals surface area contributed by atoms with Gasteiger partial charge in [-0.15, -0.1) is 0 Å². The van der Waals surface area contributed by atoms with Gasteiger partial charge in [0.1, 0.15) is 0 Å². The predicted octanol–water partition coefficient (Wildman–Crippen LogP) is 3.71. The first kappa shape index (κ1) is 13.9. The maximum absolute atomic E-state index is 12.9. The number of aromatic nitrogens is 1. The van der Waals surface area contributed by atoms with E-state index in [-0.39, 0.29) is 12.1 Å². The molecule has 6 heteroatoms. The summed E-state index contributed by atoms with van der Waals surface area (Å²) < 4.78 is 38.6. The zero-order valence-electron chi connectivity index (χ0n) is 9.82. The summed E-state index contributed by atoms with van der Waals surface area (Å²) >= 11 is 1.26. The fourth-order valence-electron chi connectivity index (χ4n) is 1.60. The van der Waals surface area contributed by atoms with Crippen molar-refractivity contribution in [2.45, 2.75) is 22.5 Å². The Morgan fingerprint density at radius 1 is 1.05 bits per heavy atom. The number of hydrogen-bond donors (Lipinski definition) is 1. The molecule has 0 atom stereocenters. The molecular weight excluding hydrogens is 273 g/mol. The normalized spacial score (nSPS) is 11.6. The lowest BCUT2D eigenvalue weighted by atomic mass is 10.1. The molecule has 0 fully saturated rings. The van der Waals surface area contributed by atoms with Gasteiger partial charge in [0, 0.05) is 28.7 Å². The molecule has 0 saturated heterocycles. The zero-order valence-corrected chi connectivity index (χ0v) is 10.6. The Balaban J connectivity index is 2.33. The topological polar surface area (TPSA) is 38.9 Å². The lowest BCUT2D eigenvalue weighted by Crippen LogP contribution is -2.11. The van der Waals surface area contributed by atoms with E-state index < -0.39 is 11.7 Å². The summed E-state index contributed by atoms with van der Waals surface area (Å²) in [6, 6.07) is 7.69. The molecule has 0 aliphatic rings. The number of benzene rings is 1. The SMILES string of the molecule is NCc1ccc(Sc2ccncc2)cc1C(F)(F)F. The van der Waals surface area contributed by atoms with Gasteiger partial charge in [-0.05, 0) is 29.8 Å². The van der Waals surface area contributed by atoms with Crippen LogP contribution in [-0.2, 0) is 12.7 Å². The molecule has 0 unspecified atom stereocenters. The van der Waals surface area contributed by atoms with Crippen LogP contribution < -0.4 is 5.73 Å². The minimum atomic E-state index is -4.39. The third-order valence-corrected chi connectivity index (χ3v) is 3.49. The number of halogens is 3. The Labute approximate surface area is 112 Å².